The van der Waals surface area contributed by atoms with E-state index in [2.05, 4.69) is 5.32 Å². The summed E-state index contributed by atoms with van der Waals surface area (Å²) in [6.45, 7) is 6.02. The minimum Gasteiger partial charge on any atom is -0.342 e. The highest BCUT2D eigenvalue weighted by atomic mass is 32.1. The number of carbonyl (C=O) groups excluding carboxylic acids is 2. The van der Waals surface area contributed by atoms with Gasteiger partial charge in [-0.2, -0.15) is 0 Å². The van der Waals surface area contributed by atoms with E-state index < -0.39 is 5.54 Å². The Morgan fingerprint density at radius 3 is 2.83 bits per heavy atom. The van der Waals surface area contributed by atoms with Gasteiger partial charge in [0, 0.05) is 17.3 Å². The Kier molecular flexibility index (Phi) is 3.43. The molecule has 0 spiro atoms. The van der Waals surface area contributed by atoms with E-state index in [-0.39, 0.29) is 17.9 Å². The summed E-state index contributed by atoms with van der Waals surface area (Å²) in [6, 6.07) is 3.92. The van der Waals surface area contributed by atoms with E-state index in [4.69, 9.17) is 0 Å². The van der Waals surface area contributed by atoms with E-state index in [1.54, 1.807) is 30.1 Å². The van der Waals surface area contributed by atoms with Gasteiger partial charge in [0.05, 0.1) is 6.54 Å². The highest BCUT2D eigenvalue weighted by molar-refractivity contribution is 7.09. The molecule has 2 amide bonds. The predicted octanol–water partition coefficient (Wildman–Crippen LogP) is 1.76. The molecule has 4 nitrogen and oxygen atoms in total. The zero-order valence-electron chi connectivity index (χ0n) is 10.9. The first-order valence-electron chi connectivity index (χ1n) is 6.04. The molecule has 1 saturated heterocycles. The Morgan fingerprint density at radius 2 is 2.22 bits per heavy atom. The Morgan fingerprint density at radius 1 is 1.50 bits per heavy atom. The van der Waals surface area contributed by atoms with Crippen LogP contribution in [0.15, 0.2) is 17.5 Å². The van der Waals surface area contributed by atoms with Gasteiger partial charge in [-0.1, -0.05) is 6.07 Å². The van der Waals surface area contributed by atoms with E-state index in [1.165, 1.54) is 0 Å². The molecule has 1 aliphatic heterocycles. The second-order valence-electron chi connectivity index (χ2n) is 5.24. The average molecular weight is 266 g/mol. The summed E-state index contributed by atoms with van der Waals surface area (Å²) in [6.07, 6.45) is 0.362. The van der Waals surface area contributed by atoms with Crippen LogP contribution in [0.25, 0.3) is 0 Å². The van der Waals surface area contributed by atoms with Gasteiger partial charge in [0.2, 0.25) is 11.8 Å². The van der Waals surface area contributed by atoms with Crippen LogP contribution in [-0.2, 0) is 16.1 Å². The van der Waals surface area contributed by atoms with E-state index in [9.17, 15) is 9.59 Å². The molecule has 1 aliphatic rings. The van der Waals surface area contributed by atoms with Gasteiger partial charge >= 0.3 is 0 Å². The fourth-order valence-electron chi connectivity index (χ4n) is 2.19. The highest BCUT2D eigenvalue weighted by Gasteiger charge is 2.39. The minimum absolute atomic E-state index is 0.0192. The molecule has 18 heavy (non-hydrogen) atoms. The van der Waals surface area contributed by atoms with Crippen LogP contribution < -0.4 is 5.32 Å². The second-order valence-corrected chi connectivity index (χ2v) is 6.27. The smallest absolute Gasteiger partial charge is 0.248 e. The van der Waals surface area contributed by atoms with E-state index in [0.29, 0.717) is 13.0 Å². The lowest BCUT2D eigenvalue weighted by Gasteiger charge is -2.31. The van der Waals surface area contributed by atoms with Crippen molar-refractivity contribution in [3.8, 4) is 0 Å². The number of carbonyl (C=O) groups is 2. The Hall–Kier alpha value is -1.36. The lowest BCUT2D eigenvalue weighted by atomic mass is 10.0. The molecule has 1 fully saturated rings. The maximum Gasteiger partial charge on any atom is 0.248 e. The van der Waals surface area contributed by atoms with Gasteiger partial charge in [-0.15, -0.1) is 11.3 Å². The molecule has 1 atom stereocenters. The van der Waals surface area contributed by atoms with Crippen LogP contribution >= 0.6 is 11.3 Å². The van der Waals surface area contributed by atoms with Crippen molar-refractivity contribution >= 4 is 23.2 Å². The first-order chi connectivity index (χ1) is 8.40. The lowest BCUT2D eigenvalue weighted by molar-refractivity contribution is -0.139. The summed E-state index contributed by atoms with van der Waals surface area (Å²) in [5, 5.41) is 4.78. The number of hydrogen-bond donors (Lipinski definition) is 1. The van der Waals surface area contributed by atoms with Crippen molar-refractivity contribution in [2.45, 2.75) is 45.3 Å². The van der Waals surface area contributed by atoms with Crippen LogP contribution in [0, 0.1) is 0 Å². The standard InChI is InChI=1S/C13H18N2O2S/c1-9-7-11(16)14-13(2,3)12(17)15(9)8-10-5-4-6-18-10/h4-6,9H,7-8H2,1-3H3,(H,14,16). The SMILES string of the molecule is CC1CC(=O)NC(C)(C)C(=O)N1Cc1cccs1. The zero-order chi connectivity index (χ0) is 13.3. The predicted molar refractivity (Wildman–Crippen MR) is 71.2 cm³/mol. The third-order valence-electron chi connectivity index (χ3n) is 3.17. The summed E-state index contributed by atoms with van der Waals surface area (Å²) in [5.41, 5.74) is -0.820. The van der Waals surface area contributed by atoms with Crippen molar-refractivity contribution in [2.24, 2.45) is 0 Å². The number of nitrogens with zero attached hydrogens (tertiary/aromatic N) is 1. The summed E-state index contributed by atoms with van der Waals surface area (Å²) < 4.78 is 0. The molecule has 1 aromatic rings. The van der Waals surface area contributed by atoms with Crippen molar-refractivity contribution in [2.75, 3.05) is 0 Å². The lowest BCUT2D eigenvalue weighted by Crippen LogP contribution is -2.53. The average Bonchev–Trinajstić information content (AvgIpc) is 2.73. The third kappa shape index (κ3) is 2.56. The van der Waals surface area contributed by atoms with Gasteiger partial charge in [0.15, 0.2) is 0 Å². The normalized spacial score (nSPS) is 23.7. The third-order valence-corrected chi connectivity index (χ3v) is 4.03. The number of thiophene rings is 1. The molecule has 98 valence electrons. The van der Waals surface area contributed by atoms with Gasteiger partial charge in [-0.05, 0) is 32.2 Å². The van der Waals surface area contributed by atoms with Crippen LogP contribution in [0.1, 0.15) is 32.1 Å². The first-order valence-corrected chi connectivity index (χ1v) is 6.92. The number of hydrogen-bond acceptors (Lipinski definition) is 3. The maximum atomic E-state index is 12.5. The van der Waals surface area contributed by atoms with Gasteiger partial charge in [-0.3, -0.25) is 9.59 Å². The van der Waals surface area contributed by atoms with Crippen molar-refractivity contribution in [3.05, 3.63) is 22.4 Å². The highest BCUT2D eigenvalue weighted by Crippen LogP contribution is 2.22. The summed E-state index contributed by atoms with van der Waals surface area (Å²) >= 11 is 1.63. The van der Waals surface area contributed by atoms with Gasteiger partial charge in [-0.25, -0.2) is 0 Å². The molecule has 0 radical (unpaired) electrons. The first kappa shape index (κ1) is 13.1. The van der Waals surface area contributed by atoms with Crippen molar-refractivity contribution in [1.82, 2.24) is 10.2 Å². The van der Waals surface area contributed by atoms with Crippen LogP contribution in [0.3, 0.4) is 0 Å². The number of nitrogens with one attached hydrogen (secondary N) is 1. The molecule has 1 N–H and O–H groups in total. The van der Waals surface area contributed by atoms with E-state index in [1.807, 2.05) is 24.4 Å². The largest absolute Gasteiger partial charge is 0.342 e. The van der Waals surface area contributed by atoms with Crippen molar-refractivity contribution < 1.29 is 9.59 Å². The van der Waals surface area contributed by atoms with E-state index in [0.717, 1.165) is 4.88 Å². The molecular formula is C13H18N2O2S. The van der Waals surface area contributed by atoms with Crippen LogP contribution in [0.4, 0.5) is 0 Å². The quantitative estimate of drug-likeness (QED) is 0.887. The number of amides is 2. The fraction of sp³-hybridized carbons (Fsp3) is 0.538. The maximum absolute atomic E-state index is 12.5. The van der Waals surface area contributed by atoms with Crippen molar-refractivity contribution in [3.63, 3.8) is 0 Å². The Bertz CT molecular complexity index is 454. The molecule has 2 rings (SSSR count). The minimum atomic E-state index is -0.820. The van der Waals surface area contributed by atoms with Gasteiger partial charge in [0.1, 0.15) is 5.54 Å². The van der Waals surface area contributed by atoms with Crippen LogP contribution in [0.5, 0.6) is 0 Å². The molecule has 2 heterocycles. The molecule has 0 aromatic carbocycles. The summed E-state index contributed by atoms with van der Waals surface area (Å²) in [4.78, 5) is 27.1. The van der Waals surface area contributed by atoms with Crippen molar-refractivity contribution in [1.29, 1.82) is 0 Å². The van der Waals surface area contributed by atoms with Gasteiger partial charge in [0.25, 0.3) is 0 Å². The molecule has 0 bridgehead atoms. The second kappa shape index (κ2) is 4.72. The fourth-order valence-corrected chi connectivity index (χ4v) is 2.89. The van der Waals surface area contributed by atoms with Crippen LogP contribution in [-0.4, -0.2) is 28.3 Å². The molecule has 0 saturated carbocycles. The summed E-state index contributed by atoms with van der Waals surface area (Å²) in [5.74, 6) is -0.0798. The number of rotatable bonds is 2. The van der Waals surface area contributed by atoms with Crippen LogP contribution in [0.2, 0.25) is 0 Å². The molecule has 1 aromatic heterocycles. The topological polar surface area (TPSA) is 49.4 Å². The van der Waals surface area contributed by atoms with Gasteiger partial charge < -0.3 is 10.2 Å². The monoisotopic (exact) mass is 266 g/mol. The molecule has 1 unspecified atom stereocenters. The Labute approximate surface area is 111 Å². The molecular weight excluding hydrogens is 248 g/mol. The van der Waals surface area contributed by atoms with E-state index >= 15 is 0 Å². The Balaban J connectivity index is 2.25. The zero-order valence-corrected chi connectivity index (χ0v) is 11.7. The molecule has 0 aliphatic carbocycles. The summed E-state index contributed by atoms with van der Waals surface area (Å²) in [7, 11) is 0. The molecule has 5 heteroatoms.